The Morgan fingerprint density at radius 2 is 2.12 bits per heavy atom. The Morgan fingerprint density at radius 3 is 2.88 bits per heavy atom. The first-order chi connectivity index (χ1) is 15.5. The molecule has 32 heavy (non-hydrogen) atoms. The number of likely N-dealkylation sites (tertiary alicyclic amines) is 1. The minimum Gasteiger partial charge on any atom is -0.493 e. The number of benzene rings is 1. The second-order valence-electron chi connectivity index (χ2n) is 11.2. The van der Waals surface area contributed by atoms with Gasteiger partial charge < -0.3 is 19.3 Å². The van der Waals surface area contributed by atoms with Gasteiger partial charge in [0.25, 0.3) is 0 Å². The molecule has 8 rings (SSSR count). The van der Waals surface area contributed by atoms with Crippen LogP contribution in [0.15, 0.2) is 12.1 Å². The first-order valence-electron chi connectivity index (χ1n) is 12.5. The van der Waals surface area contributed by atoms with Crippen molar-refractivity contribution in [2.75, 3.05) is 26.8 Å². The fourth-order valence-corrected chi connectivity index (χ4v) is 8.73. The van der Waals surface area contributed by atoms with E-state index in [1.807, 2.05) is 13.0 Å². The molecule has 6 nitrogen and oxygen atoms in total. The van der Waals surface area contributed by atoms with Crippen LogP contribution in [0.1, 0.15) is 56.6 Å². The molecule has 1 aromatic carbocycles. The number of rotatable bonds is 5. The molecule has 5 aliphatic carbocycles. The van der Waals surface area contributed by atoms with Gasteiger partial charge in [-0.1, -0.05) is 6.07 Å². The van der Waals surface area contributed by atoms with Gasteiger partial charge in [-0.15, -0.1) is 0 Å². The lowest BCUT2D eigenvalue weighted by molar-refractivity contribution is -0.268. The molecule has 5 fully saturated rings. The predicted molar refractivity (Wildman–Crippen MR) is 117 cm³/mol. The van der Waals surface area contributed by atoms with Gasteiger partial charge in [-0.05, 0) is 76.0 Å². The summed E-state index contributed by atoms with van der Waals surface area (Å²) in [6, 6.07) is 4.63. The first kappa shape index (κ1) is 19.7. The van der Waals surface area contributed by atoms with Crippen molar-refractivity contribution in [3.8, 4) is 11.5 Å². The largest absolute Gasteiger partial charge is 0.493 e. The molecule has 4 bridgehead atoms. The number of piperidine rings is 1. The zero-order valence-electron chi connectivity index (χ0n) is 19.1. The van der Waals surface area contributed by atoms with Crippen LogP contribution in [0.4, 0.5) is 0 Å². The van der Waals surface area contributed by atoms with E-state index in [1.165, 1.54) is 30.5 Å². The molecule has 172 valence electrons. The zero-order valence-corrected chi connectivity index (χ0v) is 19.1. The number of hydrogen-bond donors (Lipinski definition) is 1. The van der Waals surface area contributed by atoms with Crippen LogP contribution in [0.3, 0.4) is 0 Å². The third kappa shape index (κ3) is 2.08. The smallest absolute Gasteiger partial charge is 0.312 e. The Balaban J connectivity index is 1.44. The van der Waals surface area contributed by atoms with Crippen LogP contribution < -0.4 is 9.47 Å². The van der Waals surface area contributed by atoms with E-state index in [4.69, 9.17) is 14.2 Å². The summed E-state index contributed by atoms with van der Waals surface area (Å²) >= 11 is 0. The lowest BCUT2D eigenvalue weighted by atomic mass is 9.35. The van der Waals surface area contributed by atoms with Crippen LogP contribution in [0.25, 0.3) is 0 Å². The Morgan fingerprint density at radius 1 is 1.28 bits per heavy atom. The van der Waals surface area contributed by atoms with E-state index in [9.17, 15) is 9.90 Å². The third-order valence-electron chi connectivity index (χ3n) is 10.1. The molecule has 6 atom stereocenters. The van der Waals surface area contributed by atoms with Crippen LogP contribution in [-0.2, 0) is 21.4 Å². The Kier molecular flexibility index (Phi) is 3.81. The fourth-order valence-electron chi connectivity index (χ4n) is 8.73. The maximum absolute atomic E-state index is 13.2. The van der Waals surface area contributed by atoms with Gasteiger partial charge in [0.15, 0.2) is 11.5 Å². The second-order valence-corrected chi connectivity index (χ2v) is 11.2. The van der Waals surface area contributed by atoms with E-state index in [0.717, 1.165) is 43.2 Å². The van der Waals surface area contributed by atoms with Gasteiger partial charge >= 0.3 is 5.97 Å². The highest BCUT2D eigenvalue weighted by Gasteiger charge is 2.81. The number of hydrogen-bond acceptors (Lipinski definition) is 6. The summed E-state index contributed by atoms with van der Waals surface area (Å²) in [7, 11) is 1.69. The molecule has 0 amide bonds. The number of esters is 1. The van der Waals surface area contributed by atoms with Crippen molar-refractivity contribution in [3.63, 3.8) is 0 Å². The van der Waals surface area contributed by atoms with Crippen molar-refractivity contribution in [2.24, 2.45) is 17.3 Å². The second kappa shape index (κ2) is 6.20. The SMILES string of the molecule is CCOC(=O)[C@H]1C[C@@]23CC[C@]1(O)[C@@H]1Oc4c(OC)ccc5c4C12CCN(CC1CC1)C3C5. The fraction of sp³-hybridized carbons (Fsp3) is 0.731. The highest BCUT2D eigenvalue weighted by molar-refractivity contribution is 5.76. The highest BCUT2D eigenvalue weighted by Crippen LogP contribution is 2.76. The average molecular weight is 440 g/mol. The minimum atomic E-state index is -1.20. The van der Waals surface area contributed by atoms with Gasteiger partial charge in [-0.3, -0.25) is 9.69 Å². The lowest BCUT2D eigenvalue weighted by Gasteiger charge is -2.72. The van der Waals surface area contributed by atoms with Gasteiger partial charge in [0, 0.05) is 29.0 Å². The van der Waals surface area contributed by atoms with Gasteiger partial charge in [-0.25, -0.2) is 0 Å². The molecular weight excluding hydrogens is 406 g/mol. The number of ether oxygens (including phenoxy) is 3. The standard InChI is InChI=1S/C26H33NO5/c1-3-31-22(28)17-13-24-8-9-26(17,29)23-25(24)10-11-27(14-15-4-5-15)19(24)12-16-6-7-18(30-2)21(32-23)20(16)25/h6-7,15,17,19,23,29H,3-5,8-14H2,1-2H3/t17-,19?,23-,24-,25?,26-/m1/s1. The molecule has 2 aliphatic heterocycles. The molecule has 0 aromatic heterocycles. The van der Waals surface area contributed by atoms with Gasteiger partial charge in [-0.2, -0.15) is 0 Å². The van der Waals surface area contributed by atoms with E-state index in [0.29, 0.717) is 25.5 Å². The Labute approximate surface area is 189 Å². The molecule has 6 heteroatoms. The molecule has 2 spiro atoms. The van der Waals surface area contributed by atoms with Gasteiger partial charge in [0.05, 0.1) is 19.6 Å². The normalized spacial score (nSPS) is 42.9. The molecule has 1 aromatic rings. The van der Waals surface area contributed by atoms with Crippen molar-refractivity contribution in [3.05, 3.63) is 23.3 Å². The number of nitrogens with zero attached hydrogens (tertiary/aromatic N) is 1. The Hall–Kier alpha value is -1.79. The van der Waals surface area contributed by atoms with Crippen molar-refractivity contribution >= 4 is 5.97 Å². The molecule has 7 aliphatic rings. The van der Waals surface area contributed by atoms with E-state index in [2.05, 4.69) is 11.0 Å². The van der Waals surface area contributed by atoms with E-state index in [-0.39, 0.29) is 16.8 Å². The molecular formula is C26H33NO5. The third-order valence-corrected chi connectivity index (χ3v) is 10.1. The molecule has 0 radical (unpaired) electrons. The van der Waals surface area contributed by atoms with Crippen molar-refractivity contribution in [1.29, 1.82) is 0 Å². The number of carbonyl (C=O) groups excluding carboxylic acids is 1. The van der Waals surface area contributed by atoms with Crippen LogP contribution in [0, 0.1) is 17.3 Å². The average Bonchev–Trinajstić information content (AvgIpc) is 3.53. The summed E-state index contributed by atoms with van der Waals surface area (Å²) in [5.41, 5.74) is 1.12. The van der Waals surface area contributed by atoms with Crippen molar-refractivity contribution < 1.29 is 24.1 Å². The maximum atomic E-state index is 13.2. The molecule has 2 heterocycles. The van der Waals surface area contributed by atoms with Crippen molar-refractivity contribution in [2.45, 2.75) is 75.0 Å². The van der Waals surface area contributed by atoms with Gasteiger partial charge in [0.2, 0.25) is 0 Å². The van der Waals surface area contributed by atoms with Gasteiger partial charge in [0.1, 0.15) is 11.7 Å². The van der Waals surface area contributed by atoms with Crippen LogP contribution >= 0.6 is 0 Å². The predicted octanol–water partition coefficient (Wildman–Crippen LogP) is 2.83. The van der Waals surface area contributed by atoms with Crippen LogP contribution in [0.5, 0.6) is 11.5 Å². The van der Waals surface area contributed by atoms with Crippen LogP contribution in [-0.4, -0.2) is 60.5 Å². The summed E-state index contributed by atoms with van der Waals surface area (Å²) in [6.45, 7) is 4.39. The summed E-state index contributed by atoms with van der Waals surface area (Å²) in [5.74, 6) is 1.61. The number of fused-ring (bicyclic) bond motifs is 2. The van der Waals surface area contributed by atoms with Crippen molar-refractivity contribution in [1.82, 2.24) is 4.90 Å². The topological polar surface area (TPSA) is 68.2 Å². The quantitative estimate of drug-likeness (QED) is 0.712. The monoisotopic (exact) mass is 439 g/mol. The van der Waals surface area contributed by atoms with E-state index in [1.54, 1.807) is 7.11 Å². The first-order valence-corrected chi connectivity index (χ1v) is 12.5. The highest BCUT2D eigenvalue weighted by atomic mass is 16.5. The minimum absolute atomic E-state index is 0.0721. The molecule has 2 unspecified atom stereocenters. The summed E-state index contributed by atoms with van der Waals surface area (Å²) in [4.78, 5) is 15.9. The lowest BCUT2D eigenvalue weighted by Crippen LogP contribution is -2.81. The van der Waals surface area contributed by atoms with E-state index >= 15 is 0 Å². The zero-order chi connectivity index (χ0) is 21.9. The Bertz CT molecular complexity index is 1010. The summed E-state index contributed by atoms with van der Waals surface area (Å²) < 4.78 is 17.9. The molecule has 4 saturated carbocycles. The maximum Gasteiger partial charge on any atom is 0.312 e. The number of methoxy groups -OCH3 is 1. The molecule has 1 N–H and O–H groups in total. The summed E-state index contributed by atoms with van der Waals surface area (Å²) in [5, 5.41) is 12.2. The molecule has 1 saturated heterocycles. The number of carbonyl (C=O) groups is 1. The summed E-state index contributed by atoms with van der Waals surface area (Å²) in [6.07, 6.45) is 6.49. The van der Waals surface area contributed by atoms with Crippen LogP contribution in [0.2, 0.25) is 0 Å². The van der Waals surface area contributed by atoms with E-state index < -0.39 is 17.6 Å². The number of aliphatic hydroxyl groups is 1.